The van der Waals surface area contributed by atoms with Crippen LogP contribution < -0.4 is 10.1 Å². The van der Waals surface area contributed by atoms with E-state index in [1.807, 2.05) is 0 Å². The lowest BCUT2D eigenvalue weighted by Gasteiger charge is -2.31. The van der Waals surface area contributed by atoms with Crippen LogP contribution in [0.15, 0.2) is 24.3 Å². The number of benzene rings is 1. The maximum atomic E-state index is 13.0. The Morgan fingerprint density at radius 3 is 2.60 bits per heavy atom. The molecule has 0 fully saturated rings. The van der Waals surface area contributed by atoms with Gasteiger partial charge in [-0.2, -0.15) is 0 Å². The highest BCUT2D eigenvalue weighted by Gasteiger charge is 2.30. The average molecular weight is 285 g/mol. The van der Waals surface area contributed by atoms with E-state index in [0.717, 1.165) is 0 Å². The summed E-state index contributed by atoms with van der Waals surface area (Å²) in [7, 11) is 0. The summed E-state index contributed by atoms with van der Waals surface area (Å²) in [5.41, 5.74) is -1.07. The number of nitrogens with one attached hydrogen (secondary N) is 1. The number of ether oxygens (including phenoxy) is 1. The molecule has 3 N–H and O–H groups in total. The van der Waals surface area contributed by atoms with E-state index in [9.17, 15) is 19.4 Å². The van der Waals surface area contributed by atoms with Crippen molar-refractivity contribution in [3.63, 3.8) is 0 Å². The van der Waals surface area contributed by atoms with Crippen LogP contribution in [0.1, 0.15) is 20.3 Å². The first kappa shape index (κ1) is 16.4. The SMILES string of the molecule is CCC(CO)(CO)NC(=O)C(C)Oc1cccc(F)c1. The van der Waals surface area contributed by atoms with E-state index in [1.165, 1.54) is 31.2 Å². The maximum absolute atomic E-state index is 13.0. The van der Waals surface area contributed by atoms with E-state index in [0.29, 0.717) is 6.42 Å². The van der Waals surface area contributed by atoms with Gasteiger partial charge >= 0.3 is 0 Å². The third-order valence-electron chi connectivity index (χ3n) is 3.15. The van der Waals surface area contributed by atoms with Crippen molar-refractivity contribution < 1.29 is 24.1 Å². The van der Waals surface area contributed by atoms with Gasteiger partial charge in [-0.05, 0) is 25.5 Å². The van der Waals surface area contributed by atoms with Gasteiger partial charge in [0, 0.05) is 6.07 Å². The molecule has 0 aliphatic carbocycles. The molecule has 0 saturated carbocycles. The Hall–Kier alpha value is -1.66. The lowest BCUT2D eigenvalue weighted by molar-refractivity contribution is -0.130. The Kier molecular flexibility index (Phi) is 5.91. The number of aliphatic hydroxyl groups is 2. The van der Waals surface area contributed by atoms with Crippen LogP contribution in [-0.2, 0) is 4.79 Å². The molecule has 0 bridgehead atoms. The lowest BCUT2D eigenvalue weighted by atomic mass is 9.98. The second-order valence-corrected chi connectivity index (χ2v) is 4.66. The Bertz CT molecular complexity index is 440. The minimum Gasteiger partial charge on any atom is -0.481 e. The van der Waals surface area contributed by atoms with Gasteiger partial charge in [0.25, 0.3) is 5.91 Å². The number of amides is 1. The van der Waals surface area contributed by atoms with Crippen LogP contribution in [0.4, 0.5) is 4.39 Å². The number of rotatable bonds is 7. The first-order valence-electron chi connectivity index (χ1n) is 6.42. The molecular weight excluding hydrogens is 265 g/mol. The molecule has 0 heterocycles. The number of halogens is 1. The molecule has 0 aliphatic heterocycles. The first-order valence-corrected chi connectivity index (χ1v) is 6.42. The van der Waals surface area contributed by atoms with Gasteiger partial charge in [-0.25, -0.2) is 4.39 Å². The van der Waals surface area contributed by atoms with Gasteiger partial charge in [-0.15, -0.1) is 0 Å². The predicted octanol–water partition coefficient (Wildman–Crippen LogP) is 0.843. The summed E-state index contributed by atoms with van der Waals surface area (Å²) in [6.07, 6.45) is -0.501. The highest BCUT2D eigenvalue weighted by Crippen LogP contribution is 2.15. The van der Waals surface area contributed by atoms with E-state index in [1.54, 1.807) is 6.92 Å². The van der Waals surface area contributed by atoms with Crippen LogP contribution in [-0.4, -0.2) is 41.0 Å². The molecular formula is C14H20FNO4. The molecule has 1 rings (SSSR count). The van der Waals surface area contributed by atoms with Crippen LogP contribution in [0, 0.1) is 5.82 Å². The molecule has 0 spiro atoms. The summed E-state index contributed by atoms with van der Waals surface area (Å²) in [6.45, 7) is 2.50. The van der Waals surface area contributed by atoms with E-state index in [2.05, 4.69) is 5.32 Å². The van der Waals surface area contributed by atoms with Crippen molar-refractivity contribution in [2.75, 3.05) is 13.2 Å². The maximum Gasteiger partial charge on any atom is 0.261 e. The third-order valence-corrected chi connectivity index (χ3v) is 3.15. The summed E-state index contributed by atoms with van der Waals surface area (Å²) in [5.74, 6) is -0.703. The standard InChI is InChI=1S/C14H20FNO4/c1-3-14(8-17,9-18)16-13(19)10(2)20-12-6-4-5-11(15)7-12/h4-7,10,17-18H,3,8-9H2,1-2H3,(H,16,19). The van der Waals surface area contributed by atoms with Gasteiger partial charge in [-0.1, -0.05) is 13.0 Å². The Balaban J connectivity index is 2.67. The van der Waals surface area contributed by atoms with Gasteiger partial charge < -0.3 is 20.3 Å². The smallest absolute Gasteiger partial charge is 0.261 e. The monoisotopic (exact) mass is 285 g/mol. The molecule has 112 valence electrons. The summed E-state index contributed by atoms with van der Waals surface area (Å²) in [6, 6.07) is 5.47. The van der Waals surface area contributed by atoms with Gasteiger partial charge in [0.1, 0.15) is 11.6 Å². The third kappa shape index (κ3) is 4.18. The summed E-state index contributed by atoms with van der Waals surface area (Å²) >= 11 is 0. The van der Waals surface area contributed by atoms with Crippen LogP contribution >= 0.6 is 0 Å². The Labute approximate surface area is 117 Å². The lowest BCUT2D eigenvalue weighted by Crippen LogP contribution is -2.56. The molecule has 1 aromatic rings. The summed E-state index contributed by atoms with van der Waals surface area (Å²) in [4.78, 5) is 12.0. The van der Waals surface area contributed by atoms with Gasteiger partial charge in [0.15, 0.2) is 6.10 Å². The van der Waals surface area contributed by atoms with Crippen LogP contribution in [0.25, 0.3) is 0 Å². The molecule has 0 aromatic heterocycles. The minimum atomic E-state index is -1.07. The molecule has 1 aromatic carbocycles. The quantitative estimate of drug-likeness (QED) is 0.694. The first-order chi connectivity index (χ1) is 9.46. The van der Waals surface area contributed by atoms with Crippen molar-refractivity contribution in [2.24, 2.45) is 0 Å². The average Bonchev–Trinajstić information content (AvgIpc) is 2.44. The molecule has 20 heavy (non-hydrogen) atoms. The van der Waals surface area contributed by atoms with E-state index >= 15 is 0 Å². The molecule has 1 atom stereocenters. The zero-order valence-corrected chi connectivity index (χ0v) is 11.6. The number of hydrogen-bond donors (Lipinski definition) is 3. The fourth-order valence-electron chi connectivity index (χ4n) is 1.60. The number of aliphatic hydroxyl groups excluding tert-OH is 2. The van der Waals surface area contributed by atoms with Crippen molar-refractivity contribution >= 4 is 5.91 Å². The second kappa shape index (κ2) is 7.21. The molecule has 0 radical (unpaired) electrons. The zero-order chi connectivity index (χ0) is 15.2. The molecule has 5 nitrogen and oxygen atoms in total. The normalized spacial score (nSPS) is 12.8. The molecule has 1 amide bonds. The fraction of sp³-hybridized carbons (Fsp3) is 0.500. The van der Waals surface area contributed by atoms with Crippen molar-refractivity contribution in [1.29, 1.82) is 0 Å². The van der Waals surface area contributed by atoms with Crippen molar-refractivity contribution in [1.82, 2.24) is 5.32 Å². The number of carbonyl (C=O) groups excluding carboxylic acids is 1. The summed E-state index contributed by atoms with van der Waals surface area (Å²) in [5, 5.41) is 21.1. The molecule has 6 heteroatoms. The highest BCUT2D eigenvalue weighted by atomic mass is 19.1. The van der Waals surface area contributed by atoms with Gasteiger partial charge in [0.05, 0.1) is 18.8 Å². The number of hydrogen-bond acceptors (Lipinski definition) is 4. The highest BCUT2D eigenvalue weighted by molar-refractivity contribution is 5.81. The minimum absolute atomic E-state index is 0.239. The Morgan fingerprint density at radius 2 is 2.10 bits per heavy atom. The Morgan fingerprint density at radius 1 is 1.45 bits per heavy atom. The van der Waals surface area contributed by atoms with Crippen molar-refractivity contribution in [3.05, 3.63) is 30.1 Å². The molecule has 1 unspecified atom stereocenters. The van der Waals surface area contributed by atoms with Gasteiger partial charge in [-0.3, -0.25) is 4.79 Å². The van der Waals surface area contributed by atoms with Gasteiger partial charge in [0.2, 0.25) is 0 Å². The van der Waals surface area contributed by atoms with E-state index < -0.39 is 23.4 Å². The zero-order valence-electron chi connectivity index (χ0n) is 11.6. The van der Waals surface area contributed by atoms with Crippen molar-refractivity contribution in [3.8, 4) is 5.75 Å². The van der Waals surface area contributed by atoms with Crippen LogP contribution in [0.3, 0.4) is 0 Å². The summed E-state index contributed by atoms with van der Waals surface area (Å²) < 4.78 is 18.3. The largest absolute Gasteiger partial charge is 0.481 e. The second-order valence-electron chi connectivity index (χ2n) is 4.66. The van der Waals surface area contributed by atoms with E-state index in [4.69, 9.17) is 4.74 Å². The van der Waals surface area contributed by atoms with Crippen LogP contribution in [0.2, 0.25) is 0 Å². The molecule has 0 saturated heterocycles. The van der Waals surface area contributed by atoms with Crippen molar-refractivity contribution in [2.45, 2.75) is 31.9 Å². The predicted molar refractivity (Wildman–Crippen MR) is 71.8 cm³/mol. The topological polar surface area (TPSA) is 78.8 Å². The number of carbonyl (C=O) groups is 1. The van der Waals surface area contributed by atoms with Crippen LogP contribution in [0.5, 0.6) is 5.75 Å². The van der Waals surface area contributed by atoms with E-state index in [-0.39, 0.29) is 19.0 Å². The fourth-order valence-corrected chi connectivity index (χ4v) is 1.60. The molecule has 0 aliphatic rings.